The summed E-state index contributed by atoms with van der Waals surface area (Å²) < 4.78 is 4.17. The first kappa shape index (κ1) is 11.9. The zero-order valence-electron chi connectivity index (χ0n) is 4.09. The van der Waals surface area contributed by atoms with E-state index in [0.29, 0.717) is 0 Å². The van der Waals surface area contributed by atoms with Crippen molar-refractivity contribution in [2.45, 2.75) is 6.92 Å². The summed E-state index contributed by atoms with van der Waals surface area (Å²) in [4.78, 5) is 0. The van der Waals surface area contributed by atoms with E-state index in [1.807, 2.05) is 0 Å². The molecule has 0 aliphatic carbocycles. The van der Waals surface area contributed by atoms with Crippen LogP contribution >= 0.6 is 0 Å². The van der Waals surface area contributed by atoms with Crippen molar-refractivity contribution in [3.05, 3.63) is 12.3 Å². The van der Waals surface area contributed by atoms with Gasteiger partial charge >= 0.3 is 58.7 Å². The van der Waals surface area contributed by atoms with Crippen molar-refractivity contribution in [1.29, 1.82) is 0 Å². The van der Waals surface area contributed by atoms with Crippen LogP contribution in [0.5, 0.6) is 0 Å². The van der Waals surface area contributed by atoms with E-state index in [-0.39, 0.29) is 57.1 Å². The molecule has 0 spiro atoms. The molecule has 0 aliphatic heterocycles. The molecule has 42 valence electrons. The SMILES string of the molecule is C=C(C)OB(O)O.[KH]. The fraction of sp³-hybridized carbons (Fsp3) is 0.333. The van der Waals surface area contributed by atoms with Crippen LogP contribution in [0, 0.1) is 0 Å². The second kappa shape index (κ2) is 6.28. The van der Waals surface area contributed by atoms with E-state index < -0.39 is 7.32 Å². The fourth-order valence-corrected chi connectivity index (χ4v) is 0.180. The molecule has 0 atom stereocenters. The van der Waals surface area contributed by atoms with Crippen LogP contribution in [0.25, 0.3) is 0 Å². The van der Waals surface area contributed by atoms with Crippen molar-refractivity contribution >= 4 is 58.7 Å². The Morgan fingerprint density at radius 2 is 2.00 bits per heavy atom. The van der Waals surface area contributed by atoms with Crippen LogP contribution in [0.3, 0.4) is 0 Å². The number of hydrogen-bond donors (Lipinski definition) is 2. The van der Waals surface area contributed by atoms with Crippen molar-refractivity contribution in [2.24, 2.45) is 0 Å². The molecule has 0 bridgehead atoms. The molecule has 0 aromatic rings. The van der Waals surface area contributed by atoms with Crippen LogP contribution < -0.4 is 0 Å². The van der Waals surface area contributed by atoms with E-state index in [2.05, 4.69) is 11.2 Å². The van der Waals surface area contributed by atoms with Gasteiger partial charge in [-0.1, -0.05) is 6.58 Å². The van der Waals surface area contributed by atoms with Gasteiger partial charge in [0, 0.05) is 0 Å². The first-order chi connectivity index (χ1) is 3.13. The average molecular weight is 142 g/mol. The Balaban J connectivity index is 0. The van der Waals surface area contributed by atoms with Crippen molar-refractivity contribution in [1.82, 2.24) is 0 Å². The summed E-state index contributed by atoms with van der Waals surface area (Å²) in [5, 5.41) is 16.0. The van der Waals surface area contributed by atoms with Crippen LogP contribution in [-0.2, 0) is 4.65 Å². The monoisotopic (exact) mass is 142 g/mol. The van der Waals surface area contributed by atoms with Crippen molar-refractivity contribution in [3.8, 4) is 0 Å². The molecular formula is C3H8BKO3. The normalized spacial score (nSPS) is 6.88. The Morgan fingerprint density at radius 3 is 2.00 bits per heavy atom. The van der Waals surface area contributed by atoms with Gasteiger partial charge in [-0.05, 0) is 6.92 Å². The molecule has 0 unspecified atom stereocenters. The van der Waals surface area contributed by atoms with Crippen molar-refractivity contribution in [2.75, 3.05) is 0 Å². The molecule has 0 aromatic carbocycles. The van der Waals surface area contributed by atoms with Crippen LogP contribution in [-0.4, -0.2) is 68.8 Å². The second-order valence-corrected chi connectivity index (χ2v) is 1.15. The third kappa shape index (κ3) is 10.2. The molecule has 8 heavy (non-hydrogen) atoms. The minimum atomic E-state index is -1.72. The van der Waals surface area contributed by atoms with Crippen LogP contribution in [0.4, 0.5) is 0 Å². The summed E-state index contributed by atoms with van der Waals surface area (Å²) in [5.74, 6) is 0.287. The topological polar surface area (TPSA) is 49.7 Å². The van der Waals surface area contributed by atoms with Gasteiger partial charge in [-0.2, -0.15) is 0 Å². The zero-order valence-corrected chi connectivity index (χ0v) is 4.09. The molecule has 0 saturated carbocycles. The van der Waals surface area contributed by atoms with Gasteiger partial charge < -0.3 is 14.7 Å². The first-order valence-electron chi connectivity index (χ1n) is 1.81. The van der Waals surface area contributed by atoms with Gasteiger partial charge in [-0.15, -0.1) is 0 Å². The summed E-state index contributed by atoms with van der Waals surface area (Å²) in [5.41, 5.74) is 0. The molecule has 0 saturated heterocycles. The molecule has 0 amide bonds. The molecular weight excluding hydrogens is 134 g/mol. The van der Waals surface area contributed by atoms with E-state index in [9.17, 15) is 0 Å². The van der Waals surface area contributed by atoms with E-state index in [1.165, 1.54) is 6.92 Å². The third-order valence-corrected chi connectivity index (χ3v) is 0.307. The molecule has 0 fully saturated rings. The third-order valence-electron chi connectivity index (χ3n) is 0.307. The standard InChI is InChI=1S/C3H7BO3.K.H/c1-3(2)7-4(5)6;;/h5-6H,1H2,2H3;;. The van der Waals surface area contributed by atoms with Gasteiger partial charge in [0.1, 0.15) is 0 Å². The van der Waals surface area contributed by atoms with Gasteiger partial charge in [0.25, 0.3) is 0 Å². The van der Waals surface area contributed by atoms with E-state index in [0.717, 1.165) is 0 Å². The molecule has 0 radical (unpaired) electrons. The summed E-state index contributed by atoms with van der Waals surface area (Å²) in [7, 11) is -1.72. The maximum absolute atomic E-state index is 8.00. The van der Waals surface area contributed by atoms with Gasteiger partial charge in [0.05, 0.1) is 5.76 Å². The molecule has 0 aromatic heterocycles. The van der Waals surface area contributed by atoms with Gasteiger partial charge in [-0.25, -0.2) is 0 Å². The zero-order chi connectivity index (χ0) is 5.86. The summed E-state index contributed by atoms with van der Waals surface area (Å²) >= 11 is 0. The van der Waals surface area contributed by atoms with Gasteiger partial charge in [-0.3, -0.25) is 0 Å². The Labute approximate surface area is 91.3 Å². The quantitative estimate of drug-likeness (QED) is 0.378. The number of hydrogen-bond acceptors (Lipinski definition) is 3. The summed E-state index contributed by atoms with van der Waals surface area (Å²) in [6.45, 7) is 4.78. The Hall–Kier alpha value is 1.16. The maximum atomic E-state index is 8.00. The molecule has 3 nitrogen and oxygen atoms in total. The van der Waals surface area contributed by atoms with Crippen LogP contribution in [0.1, 0.15) is 6.92 Å². The summed E-state index contributed by atoms with van der Waals surface area (Å²) in [6.07, 6.45) is 0. The number of allylic oxidation sites excluding steroid dienone is 1. The average Bonchev–Trinajstić information content (AvgIpc) is 1.27. The fourth-order valence-electron chi connectivity index (χ4n) is 0.180. The Kier molecular flexibility index (Phi) is 9.35. The number of rotatable bonds is 2. The Morgan fingerprint density at radius 1 is 1.62 bits per heavy atom. The molecule has 2 N–H and O–H groups in total. The van der Waals surface area contributed by atoms with Crippen molar-refractivity contribution in [3.63, 3.8) is 0 Å². The van der Waals surface area contributed by atoms with E-state index in [1.54, 1.807) is 0 Å². The first-order valence-corrected chi connectivity index (χ1v) is 1.81. The molecule has 0 rings (SSSR count). The minimum absolute atomic E-state index is 0. The van der Waals surface area contributed by atoms with E-state index in [4.69, 9.17) is 10.0 Å². The van der Waals surface area contributed by atoms with Gasteiger partial charge in [0.15, 0.2) is 0 Å². The predicted octanol–water partition coefficient (Wildman–Crippen LogP) is -1.14. The van der Waals surface area contributed by atoms with Crippen molar-refractivity contribution < 1.29 is 14.7 Å². The molecule has 5 heteroatoms. The molecule has 0 aliphatic rings. The van der Waals surface area contributed by atoms with Gasteiger partial charge in [0.2, 0.25) is 0 Å². The van der Waals surface area contributed by atoms with Crippen LogP contribution in [0.15, 0.2) is 12.3 Å². The van der Waals surface area contributed by atoms with E-state index >= 15 is 0 Å². The summed E-state index contributed by atoms with van der Waals surface area (Å²) in [6, 6.07) is 0. The second-order valence-electron chi connectivity index (χ2n) is 1.15. The Bertz CT molecular complexity index is 74.9. The molecule has 0 heterocycles. The predicted molar refractivity (Wildman–Crippen MR) is 33.2 cm³/mol. The van der Waals surface area contributed by atoms with Crippen LogP contribution in [0.2, 0.25) is 0 Å².